The van der Waals surface area contributed by atoms with Crippen LogP contribution >= 0.6 is 0 Å². The molecule has 2 aromatic heterocycles. The van der Waals surface area contributed by atoms with E-state index in [2.05, 4.69) is 45.5 Å². The number of nitrogens with zero attached hydrogens (tertiary/aromatic N) is 4. The van der Waals surface area contributed by atoms with Gasteiger partial charge in [-0.2, -0.15) is 10.1 Å². The molecule has 2 aromatic carbocycles. The molecule has 0 saturated heterocycles. The number of hydrogen-bond acceptors (Lipinski definition) is 6. The van der Waals surface area contributed by atoms with E-state index in [1.807, 2.05) is 47.3 Å². The Bertz CT molecular complexity index is 1330. The lowest BCUT2D eigenvalue weighted by Crippen LogP contribution is -2.32. The molecular formula is C25H21N5O2. The maximum absolute atomic E-state index is 6.64. The molecule has 2 aliphatic rings. The van der Waals surface area contributed by atoms with Gasteiger partial charge in [0.1, 0.15) is 30.0 Å². The summed E-state index contributed by atoms with van der Waals surface area (Å²) in [7, 11) is 1.67. The second-order valence-electron chi connectivity index (χ2n) is 7.94. The third-order valence-corrected chi connectivity index (χ3v) is 5.99. The number of pyridine rings is 1. The van der Waals surface area contributed by atoms with Gasteiger partial charge in [-0.1, -0.05) is 29.8 Å². The first-order valence-corrected chi connectivity index (χ1v) is 10.4. The van der Waals surface area contributed by atoms with Gasteiger partial charge in [0, 0.05) is 23.5 Å². The standard InChI is InChI=1S/C25H21N5O2/c1-15-5-10-20-19(12-15)22-21(24(32-20)16-6-8-18(31-2)9-7-16)23(17-4-3-11-26-13-17)30-25(29-22)27-14-28-30/h3-14,23-24H,1-2H3,(H,27,28,29)/t23-,24-/m1/s1. The monoisotopic (exact) mass is 423 g/mol. The van der Waals surface area contributed by atoms with Crippen LogP contribution in [0.15, 0.2) is 78.9 Å². The summed E-state index contributed by atoms with van der Waals surface area (Å²) in [5.41, 5.74) is 6.31. The van der Waals surface area contributed by atoms with E-state index in [0.29, 0.717) is 5.95 Å². The summed E-state index contributed by atoms with van der Waals surface area (Å²) in [4.78, 5) is 8.84. The van der Waals surface area contributed by atoms with Crippen molar-refractivity contribution in [3.8, 4) is 11.5 Å². The summed E-state index contributed by atoms with van der Waals surface area (Å²) in [6, 6.07) is 18.1. The molecule has 7 nitrogen and oxygen atoms in total. The molecule has 4 heterocycles. The highest BCUT2D eigenvalue weighted by Gasteiger charge is 2.41. The van der Waals surface area contributed by atoms with Crippen molar-refractivity contribution in [2.45, 2.75) is 19.1 Å². The predicted molar refractivity (Wildman–Crippen MR) is 120 cm³/mol. The fraction of sp³-hybridized carbons (Fsp3) is 0.160. The van der Waals surface area contributed by atoms with Crippen molar-refractivity contribution >= 4 is 11.6 Å². The van der Waals surface area contributed by atoms with Crippen LogP contribution in [-0.2, 0) is 0 Å². The molecule has 0 amide bonds. The number of aromatic nitrogens is 4. The van der Waals surface area contributed by atoms with E-state index in [9.17, 15) is 0 Å². The molecule has 32 heavy (non-hydrogen) atoms. The third-order valence-electron chi connectivity index (χ3n) is 5.99. The Balaban J connectivity index is 1.61. The zero-order valence-electron chi connectivity index (χ0n) is 17.7. The average Bonchev–Trinajstić information content (AvgIpc) is 3.31. The Labute approximate surface area is 185 Å². The Morgan fingerprint density at radius 1 is 1.06 bits per heavy atom. The lowest BCUT2D eigenvalue weighted by molar-refractivity contribution is 0.223. The van der Waals surface area contributed by atoms with E-state index in [-0.39, 0.29) is 12.1 Å². The van der Waals surface area contributed by atoms with E-state index >= 15 is 0 Å². The van der Waals surface area contributed by atoms with Gasteiger partial charge >= 0.3 is 0 Å². The number of fused-ring (bicyclic) bond motifs is 3. The maximum atomic E-state index is 6.64. The minimum atomic E-state index is -0.318. The summed E-state index contributed by atoms with van der Waals surface area (Å²) in [6.45, 7) is 2.08. The predicted octanol–water partition coefficient (Wildman–Crippen LogP) is 4.55. The Morgan fingerprint density at radius 3 is 2.72 bits per heavy atom. The molecule has 0 unspecified atom stereocenters. The minimum Gasteiger partial charge on any atom is -0.497 e. The van der Waals surface area contributed by atoms with Gasteiger partial charge < -0.3 is 14.8 Å². The molecule has 6 rings (SSSR count). The molecule has 1 N–H and O–H groups in total. The lowest BCUT2D eigenvalue weighted by Gasteiger charge is -2.39. The molecule has 0 radical (unpaired) electrons. The van der Waals surface area contributed by atoms with Crippen LogP contribution in [0.1, 0.15) is 34.4 Å². The molecule has 0 bridgehead atoms. The molecule has 0 saturated carbocycles. The molecule has 0 aliphatic carbocycles. The second kappa shape index (κ2) is 7.23. The summed E-state index contributed by atoms with van der Waals surface area (Å²) in [6.07, 6.45) is 4.91. The van der Waals surface area contributed by atoms with E-state index in [4.69, 9.17) is 9.47 Å². The first-order valence-electron chi connectivity index (χ1n) is 10.4. The molecule has 2 aliphatic heterocycles. The summed E-state index contributed by atoms with van der Waals surface area (Å²) >= 11 is 0. The maximum Gasteiger partial charge on any atom is 0.226 e. The third kappa shape index (κ3) is 2.85. The largest absolute Gasteiger partial charge is 0.497 e. The molecule has 158 valence electrons. The first-order chi connectivity index (χ1) is 15.7. The highest BCUT2D eigenvalue weighted by molar-refractivity contribution is 5.85. The summed E-state index contributed by atoms with van der Waals surface area (Å²) < 4.78 is 13.9. The van der Waals surface area contributed by atoms with Gasteiger partial charge in [0.15, 0.2) is 0 Å². The first kappa shape index (κ1) is 18.6. The van der Waals surface area contributed by atoms with Crippen LogP contribution in [0.3, 0.4) is 0 Å². The zero-order valence-corrected chi connectivity index (χ0v) is 17.7. The van der Waals surface area contributed by atoms with Gasteiger partial charge in [-0.15, -0.1) is 0 Å². The van der Waals surface area contributed by atoms with Crippen LogP contribution in [0.25, 0.3) is 5.70 Å². The molecular weight excluding hydrogens is 402 g/mol. The number of ether oxygens (including phenoxy) is 2. The summed E-state index contributed by atoms with van der Waals surface area (Å²) in [5, 5.41) is 8.07. The van der Waals surface area contributed by atoms with E-state index in [1.165, 1.54) is 0 Å². The van der Waals surface area contributed by atoms with Crippen molar-refractivity contribution in [1.82, 2.24) is 19.7 Å². The Kier molecular flexibility index (Phi) is 4.21. The number of benzene rings is 2. The van der Waals surface area contributed by atoms with Gasteiger partial charge in [-0.25, -0.2) is 4.68 Å². The lowest BCUT2D eigenvalue weighted by atomic mass is 9.85. The van der Waals surface area contributed by atoms with Gasteiger partial charge in [-0.3, -0.25) is 4.98 Å². The van der Waals surface area contributed by atoms with E-state index in [0.717, 1.165) is 45.0 Å². The number of rotatable bonds is 3. The highest BCUT2D eigenvalue weighted by atomic mass is 16.5. The SMILES string of the molecule is COc1ccc([C@H]2Oc3ccc(C)cc3C3=C2[C@@H](c2cccnc2)n2ncnc2N3)cc1. The van der Waals surface area contributed by atoms with Gasteiger partial charge in [0.25, 0.3) is 0 Å². The van der Waals surface area contributed by atoms with Crippen LogP contribution in [0.5, 0.6) is 11.5 Å². The molecule has 0 spiro atoms. The number of hydrogen-bond donors (Lipinski definition) is 1. The second-order valence-corrected chi connectivity index (χ2v) is 7.94. The summed E-state index contributed by atoms with van der Waals surface area (Å²) in [5.74, 6) is 2.33. The Morgan fingerprint density at radius 2 is 1.94 bits per heavy atom. The number of methoxy groups -OCH3 is 1. The van der Waals surface area contributed by atoms with Crippen molar-refractivity contribution in [2.75, 3.05) is 12.4 Å². The van der Waals surface area contributed by atoms with Crippen LogP contribution in [-0.4, -0.2) is 26.9 Å². The van der Waals surface area contributed by atoms with Crippen molar-refractivity contribution in [3.05, 3.63) is 101 Å². The van der Waals surface area contributed by atoms with Crippen molar-refractivity contribution < 1.29 is 9.47 Å². The fourth-order valence-corrected chi connectivity index (χ4v) is 4.50. The van der Waals surface area contributed by atoms with Crippen molar-refractivity contribution in [3.63, 3.8) is 0 Å². The van der Waals surface area contributed by atoms with Crippen LogP contribution in [0.2, 0.25) is 0 Å². The average molecular weight is 423 g/mol. The molecule has 7 heteroatoms. The topological polar surface area (TPSA) is 74.1 Å². The van der Waals surface area contributed by atoms with Gasteiger partial charge in [0.2, 0.25) is 5.95 Å². The van der Waals surface area contributed by atoms with Gasteiger partial charge in [0.05, 0.1) is 12.8 Å². The number of anilines is 1. The number of aryl methyl sites for hydroxylation is 1. The van der Waals surface area contributed by atoms with Crippen LogP contribution in [0, 0.1) is 6.92 Å². The normalized spacial score (nSPS) is 18.7. The minimum absolute atomic E-state index is 0.210. The molecule has 4 aromatic rings. The van der Waals surface area contributed by atoms with E-state index in [1.54, 1.807) is 19.6 Å². The van der Waals surface area contributed by atoms with Gasteiger partial charge in [-0.05, 0) is 48.4 Å². The van der Waals surface area contributed by atoms with Crippen LogP contribution < -0.4 is 14.8 Å². The van der Waals surface area contributed by atoms with Crippen LogP contribution in [0.4, 0.5) is 5.95 Å². The smallest absolute Gasteiger partial charge is 0.226 e. The van der Waals surface area contributed by atoms with Crippen molar-refractivity contribution in [2.24, 2.45) is 0 Å². The van der Waals surface area contributed by atoms with E-state index < -0.39 is 0 Å². The van der Waals surface area contributed by atoms with Crippen molar-refractivity contribution in [1.29, 1.82) is 0 Å². The molecule has 2 atom stereocenters. The number of nitrogens with one attached hydrogen (secondary N) is 1. The fourth-order valence-electron chi connectivity index (χ4n) is 4.50. The Hall–Kier alpha value is -4.13. The zero-order chi connectivity index (χ0) is 21.7. The highest BCUT2D eigenvalue weighted by Crippen LogP contribution is 2.50. The molecule has 0 fully saturated rings. The quantitative estimate of drug-likeness (QED) is 0.521.